The molecular weight excluding hydrogens is 159 g/mol. The Morgan fingerprint density at radius 3 is 1.60 bits per heavy atom. The topological polar surface area (TPSA) is 64.1 Å². The maximum atomic E-state index is 10.5. The fourth-order valence-corrected chi connectivity index (χ4v) is 0.879. The van der Waals surface area contributed by atoms with Crippen molar-refractivity contribution < 1.29 is 66.4 Å². The number of ketones is 2. The summed E-state index contributed by atoms with van der Waals surface area (Å²) >= 11 is 0. The van der Waals surface area contributed by atoms with E-state index in [4.69, 9.17) is 0 Å². The van der Waals surface area contributed by atoms with Gasteiger partial charge in [-0.25, -0.2) is 0 Å². The number of carbonyl (C=O) groups excluding carboxylic acids is 2. The van der Waals surface area contributed by atoms with Crippen molar-refractivity contribution in [2.75, 3.05) is 0 Å². The van der Waals surface area contributed by atoms with E-state index in [1.807, 2.05) is 0 Å². The molecule has 0 spiro atoms. The predicted octanol–water partition coefficient (Wildman–Crippen LogP) is -2.47. The van der Waals surface area contributed by atoms with E-state index in [-0.39, 0.29) is 74.8 Å². The molecule has 0 atom stereocenters. The predicted molar refractivity (Wildman–Crippen MR) is 30.4 cm³/mol. The van der Waals surface area contributed by atoms with Gasteiger partial charge in [0.05, 0.1) is 6.42 Å². The molecule has 1 fully saturated rings. The van der Waals surface area contributed by atoms with E-state index >= 15 is 0 Å². The normalized spacial score (nSPS) is 17.2. The molecule has 1 saturated carbocycles. The molecule has 0 bridgehead atoms. The summed E-state index contributed by atoms with van der Waals surface area (Å²) < 4.78 is 0. The van der Waals surface area contributed by atoms with Crippen LogP contribution in [0.3, 0.4) is 0 Å². The van der Waals surface area contributed by atoms with Crippen molar-refractivity contribution in [3.63, 3.8) is 0 Å². The largest absolute Gasteiger partial charge is 1.00 e. The Labute approximate surface area is 102 Å². The van der Waals surface area contributed by atoms with E-state index in [0.29, 0.717) is 12.8 Å². The fraction of sp³-hybridized carbons (Fsp3) is 0.667. The van der Waals surface area contributed by atoms with Gasteiger partial charge in [0.1, 0.15) is 11.6 Å². The van der Waals surface area contributed by atoms with Crippen LogP contribution in [0.1, 0.15) is 25.7 Å². The van der Waals surface area contributed by atoms with Gasteiger partial charge < -0.3 is 5.48 Å². The van der Waals surface area contributed by atoms with Crippen LogP contribution in [0.15, 0.2) is 0 Å². The minimum atomic E-state index is 0. The molecule has 10 heavy (non-hydrogen) atoms. The first kappa shape index (κ1) is 13.5. The summed E-state index contributed by atoms with van der Waals surface area (Å²) in [4.78, 5) is 20.9. The third-order valence-corrected chi connectivity index (χ3v) is 1.31. The molecule has 0 radical (unpaired) electrons. The Balaban J connectivity index is 0. The summed E-state index contributed by atoms with van der Waals surface area (Å²) in [6.45, 7) is 0. The van der Waals surface area contributed by atoms with Crippen molar-refractivity contribution in [2.45, 2.75) is 25.7 Å². The number of hydrogen-bond donors (Lipinski definition) is 0. The van der Waals surface area contributed by atoms with Gasteiger partial charge in [-0.2, -0.15) is 0 Å². The summed E-state index contributed by atoms with van der Waals surface area (Å²) in [6, 6.07) is 0. The van der Waals surface area contributed by atoms with E-state index in [0.717, 1.165) is 6.42 Å². The zero-order valence-electron chi connectivity index (χ0n) is 6.09. The van der Waals surface area contributed by atoms with Crippen LogP contribution >= 0.6 is 0 Å². The van der Waals surface area contributed by atoms with Gasteiger partial charge in [-0.1, -0.05) is 0 Å². The third kappa shape index (κ3) is 4.71. The molecule has 0 aromatic heterocycles. The third-order valence-electron chi connectivity index (χ3n) is 1.31. The van der Waals surface area contributed by atoms with Gasteiger partial charge in [-0.05, 0) is 6.42 Å². The zero-order chi connectivity index (χ0) is 5.98. The molecule has 3 nitrogen and oxygen atoms in total. The van der Waals surface area contributed by atoms with E-state index in [2.05, 4.69) is 0 Å². The zero-order valence-corrected chi connectivity index (χ0v) is 9.22. The second-order valence-electron chi connectivity index (χ2n) is 2.11. The summed E-state index contributed by atoms with van der Waals surface area (Å²) in [7, 11) is 0. The van der Waals surface area contributed by atoms with Crippen LogP contribution in [-0.4, -0.2) is 17.0 Å². The summed E-state index contributed by atoms with van der Waals surface area (Å²) in [5, 5.41) is 0. The fourth-order valence-electron chi connectivity index (χ4n) is 0.879. The van der Waals surface area contributed by atoms with Crippen molar-refractivity contribution in [1.29, 1.82) is 0 Å². The van der Waals surface area contributed by atoms with Crippen molar-refractivity contribution in [3.05, 3.63) is 0 Å². The van der Waals surface area contributed by atoms with Crippen LogP contribution in [0.5, 0.6) is 0 Å². The Bertz CT molecular complexity index is 119. The molecule has 0 amide bonds. The van der Waals surface area contributed by atoms with Crippen molar-refractivity contribution in [2.24, 2.45) is 0 Å². The molecule has 0 heterocycles. The molecule has 1 N–H and O–H groups in total. The molecular formula is C6H9KO3. The molecule has 4 heteroatoms. The second-order valence-corrected chi connectivity index (χ2v) is 2.11. The molecule has 0 saturated heterocycles. The van der Waals surface area contributed by atoms with Gasteiger partial charge in [0, 0.05) is 12.8 Å². The monoisotopic (exact) mass is 168 g/mol. The molecule has 0 unspecified atom stereocenters. The number of rotatable bonds is 0. The molecule has 1 aliphatic rings. The molecule has 0 aromatic carbocycles. The van der Waals surface area contributed by atoms with Gasteiger partial charge in [-0.15, -0.1) is 0 Å². The minimum Gasteiger partial charge on any atom is -0.870 e. The van der Waals surface area contributed by atoms with Gasteiger partial charge in [-0.3, -0.25) is 9.59 Å². The molecule has 0 aromatic rings. The van der Waals surface area contributed by atoms with Crippen molar-refractivity contribution in [3.8, 4) is 0 Å². The van der Waals surface area contributed by atoms with Gasteiger partial charge in [0.15, 0.2) is 0 Å². The smallest absolute Gasteiger partial charge is 0.870 e. The molecule has 1 aliphatic carbocycles. The average molecular weight is 168 g/mol. The van der Waals surface area contributed by atoms with Crippen LogP contribution in [0, 0.1) is 0 Å². The second kappa shape index (κ2) is 6.63. The quantitative estimate of drug-likeness (QED) is 0.297. The molecule has 52 valence electrons. The maximum absolute atomic E-state index is 10.5. The van der Waals surface area contributed by atoms with Crippen LogP contribution in [0.25, 0.3) is 0 Å². The average Bonchev–Trinajstić information content (AvgIpc) is 1.64. The Morgan fingerprint density at radius 2 is 1.40 bits per heavy atom. The maximum Gasteiger partial charge on any atom is 1.00 e. The Kier molecular flexibility index (Phi) is 8.97. The van der Waals surface area contributed by atoms with Crippen molar-refractivity contribution in [1.82, 2.24) is 0 Å². The van der Waals surface area contributed by atoms with E-state index < -0.39 is 0 Å². The summed E-state index contributed by atoms with van der Waals surface area (Å²) in [5.41, 5.74) is 0. The van der Waals surface area contributed by atoms with Gasteiger partial charge in [0.25, 0.3) is 0 Å². The van der Waals surface area contributed by atoms with Crippen LogP contribution in [0.2, 0.25) is 0 Å². The van der Waals surface area contributed by atoms with Crippen molar-refractivity contribution >= 4 is 11.6 Å². The van der Waals surface area contributed by atoms with Gasteiger partial charge in [0.2, 0.25) is 0 Å². The summed E-state index contributed by atoms with van der Waals surface area (Å²) in [6.07, 6.45) is 2.20. The Morgan fingerprint density at radius 1 is 1.00 bits per heavy atom. The van der Waals surface area contributed by atoms with Crippen LogP contribution < -0.4 is 51.4 Å². The first-order valence-corrected chi connectivity index (χ1v) is 2.82. The SMILES string of the molecule is O=C1CCCC(=O)C1.[K+].[OH-]. The first-order valence-electron chi connectivity index (χ1n) is 2.82. The standard InChI is InChI=1S/C6H8O2.K.H2O/c7-5-2-1-3-6(8)4-5;;/h1-4H2;;1H2/q;+1;/p-1. The van der Waals surface area contributed by atoms with E-state index in [1.54, 1.807) is 0 Å². The van der Waals surface area contributed by atoms with Crippen LogP contribution in [-0.2, 0) is 9.59 Å². The van der Waals surface area contributed by atoms with Gasteiger partial charge >= 0.3 is 51.4 Å². The number of hydrogen-bond acceptors (Lipinski definition) is 3. The number of carbonyl (C=O) groups is 2. The molecule has 1 rings (SSSR count). The van der Waals surface area contributed by atoms with E-state index in [9.17, 15) is 9.59 Å². The first-order chi connectivity index (χ1) is 3.79. The molecule has 0 aliphatic heterocycles. The minimum absolute atomic E-state index is 0. The number of Topliss-reactive ketones (excluding diaryl/α,β-unsaturated/α-hetero) is 2. The Hall–Kier alpha value is 0.936. The van der Waals surface area contributed by atoms with E-state index in [1.165, 1.54) is 0 Å². The summed E-state index contributed by atoms with van der Waals surface area (Å²) in [5.74, 6) is 0.225. The van der Waals surface area contributed by atoms with Crippen LogP contribution in [0.4, 0.5) is 0 Å².